The van der Waals surface area contributed by atoms with Crippen LogP contribution in [-0.2, 0) is 9.53 Å². The van der Waals surface area contributed by atoms with Gasteiger partial charge in [-0.25, -0.2) is 4.79 Å². The molecule has 5 heteroatoms. The van der Waals surface area contributed by atoms with Crippen LogP contribution in [0.1, 0.15) is 19.8 Å². The summed E-state index contributed by atoms with van der Waals surface area (Å²) in [6.07, 6.45) is 6.27. The predicted molar refractivity (Wildman–Crippen MR) is 63.4 cm³/mol. The first-order chi connectivity index (χ1) is 8.13. The molecule has 0 aromatic rings. The maximum atomic E-state index is 11.6. The third kappa shape index (κ3) is 2.31. The Morgan fingerprint density at radius 1 is 1.47 bits per heavy atom. The fraction of sp³-hybridized carbons (Fsp3) is 0.417. The van der Waals surface area contributed by atoms with Crippen LogP contribution in [0.5, 0.6) is 0 Å². The maximum Gasteiger partial charge on any atom is 0.605 e. The third-order valence-electron chi connectivity index (χ3n) is 2.69. The van der Waals surface area contributed by atoms with Gasteiger partial charge in [0.2, 0.25) is 5.71 Å². The minimum Gasteiger partial charge on any atom is -0.333 e. The van der Waals surface area contributed by atoms with Gasteiger partial charge in [-0.3, -0.25) is 0 Å². The van der Waals surface area contributed by atoms with Crippen LogP contribution < -0.4 is 0 Å². The zero-order chi connectivity index (χ0) is 12.4. The van der Waals surface area contributed by atoms with Crippen molar-refractivity contribution in [3.63, 3.8) is 0 Å². The summed E-state index contributed by atoms with van der Waals surface area (Å²) in [5, 5.41) is -0.331. The lowest BCUT2D eigenvalue weighted by Gasteiger charge is -2.15. The van der Waals surface area contributed by atoms with Crippen LogP contribution in [0.25, 0.3) is 0 Å². The van der Waals surface area contributed by atoms with Crippen LogP contribution in [0.15, 0.2) is 23.8 Å². The number of hydrogen-bond acceptors (Lipinski definition) is 3. The number of cyclic esters (lactones) is 2. The largest absolute Gasteiger partial charge is 0.605 e. The molecule has 0 N–H and O–H groups in total. The van der Waals surface area contributed by atoms with Gasteiger partial charge in [-0.05, 0) is 6.08 Å². The highest BCUT2D eigenvalue weighted by molar-refractivity contribution is 6.30. The molecule has 1 unspecified atom stereocenters. The molecule has 1 heterocycles. The van der Waals surface area contributed by atoms with Crippen LogP contribution in [0.2, 0.25) is 0 Å². The molecule has 1 amide bonds. The van der Waals surface area contributed by atoms with E-state index in [0.717, 1.165) is 12.8 Å². The first-order valence-corrected chi connectivity index (χ1v) is 6.02. The Morgan fingerprint density at radius 2 is 2.24 bits per heavy atom. The highest BCUT2D eigenvalue weighted by atomic mass is 35.5. The number of halogens is 1. The lowest BCUT2D eigenvalue weighted by Crippen LogP contribution is -2.40. The molecule has 1 aliphatic carbocycles. The Morgan fingerprint density at radius 3 is 2.94 bits per heavy atom. The molecule has 0 aromatic carbocycles. The molecular formula is C12H13ClNO3+. The van der Waals surface area contributed by atoms with Crippen molar-refractivity contribution < 1.29 is 18.9 Å². The van der Waals surface area contributed by atoms with E-state index < -0.39 is 12.1 Å². The van der Waals surface area contributed by atoms with Crippen molar-refractivity contribution in [1.82, 2.24) is 0 Å². The molecule has 2 rings (SSSR count). The first-order valence-electron chi connectivity index (χ1n) is 5.58. The number of allylic oxidation sites excluding steroid dienone is 3. The maximum absolute atomic E-state index is 11.6. The van der Waals surface area contributed by atoms with E-state index in [1.165, 1.54) is 4.58 Å². The summed E-state index contributed by atoms with van der Waals surface area (Å²) >= 11 is 5.90. The summed E-state index contributed by atoms with van der Waals surface area (Å²) in [5.74, 6) is -0.618. The van der Waals surface area contributed by atoms with Crippen molar-refractivity contribution in [3.8, 4) is 0 Å². The van der Waals surface area contributed by atoms with Gasteiger partial charge in [-0.1, -0.05) is 19.4 Å². The number of amides is 1. The molecular weight excluding hydrogens is 242 g/mol. The van der Waals surface area contributed by atoms with Gasteiger partial charge in [0.25, 0.3) is 0 Å². The van der Waals surface area contributed by atoms with Crippen molar-refractivity contribution in [2.24, 2.45) is 0 Å². The predicted octanol–water partition coefficient (Wildman–Crippen LogP) is 2.02. The van der Waals surface area contributed by atoms with Crippen molar-refractivity contribution in [2.45, 2.75) is 25.1 Å². The Labute approximate surface area is 104 Å². The van der Waals surface area contributed by atoms with E-state index >= 15 is 0 Å². The minimum atomic E-state index is -0.618. The number of ether oxygens (including phenoxy) is 1. The summed E-state index contributed by atoms with van der Waals surface area (Å²) in [6, 6.07) is 0. The molecule has 0 aromatic heterocycles. The lowest BCUT2D eigenvalue weighted by molar-refractivity contribution is -0.445. The van der Waals surface area contributed by atoms with E-state index in [4.69, 9.17) is 11.6 Å². The lowest BCUT2D eigenvalue weighted by atomic mass is 10.0. The molecule has 2 aliphatic rings. The molecule has 0 fully saturated rings. The molecule has 4 nitrogen and oxygen atoms in total. The minimum absolute atomic E-state index is 0.331. The molecule has 0 saturated heterocycles. The monoisotopic (exact) mass is 254 g/mol. The van der Waals surface area contributed by atoms with E-state index in [9.17, 15) is 9.59 Å². The van der Waals surface area contributed by atoms with E-state index in [1.54, 1.807) is 18.2 Å². The van der Waals surface area contributed by atoms with Gasteiger partial charge in [0, 0.05) is 12.5 Å². The molecule has 17 heavy (non-hydrogen) atoms. The zero-order valence-corrected chi connectivity index (χ0v) is 10.2. The highest BCUT2D eigenvalue weighted by Crippen LogP contribution is 2.19. The van der Waals surface area contributed by atoms with Gasteiger partial charge in [-0.2, -0.15) is 4.79 Å². The van der Waals surface area contributed by atoms with Gasteiger partial charge in [-0.15, -0.1) is 16.2 Å². The number of hydrogen-bond donors (Lipinski definition) is 0. The fourth-order valence-corrected chi connectivity index (χ4v) is 2.00. The average molecular weight is 255 g/mol. The Hall–Kier alpha value is -1.42. The van der Waals surface area contributed by atoms with E-state index in [2.05, 4.69) is 4.74 Å². The van der Waals surface area contributed by atoms with Crippen LogP contribution in [0.4, 0.5) is 4.79 Å². The Kier molecular flexibility index (Phi) is 3.43. The van der Waals surface area contributed by atoms with Gasteiger partial charge in [0.15, 0.2) is 6.54 Å². The van der Waals surface area contributed by atoms with Crippen LogP contribution in [0, 0.1) is 0 Å². The standard InChI is InChI=1S/C12H13ClNO3/c1-2-3-6-14-10-5-4-8(13)7-9(10)11(15)17-12(14)16/h4-5,7-8H,2-3,6H2,1H3/q+1. The topological polar surface area (TPSA) is 46.4 Å². The molecule has 0 bridgehead atoms. The number of carbonyl (C=O) groups is 2. The molecule has 1 atom stereocenters. The second kappa shape index (κ2) is 4.84. The van der Waals surface area contributed by atoms with Gasteiger partial charge >= 0.3 is 12.1 Å². The van der Waals surface area contributed by atoms with Crippen LogP contribution >= 0.6 is 11.6 Å². The number of unbranched alkanes of at least 4 members (excludes halogenated alkanes) is 1. The van der Waals surface area contributed by atoms with Crippen molar-refractivity contribution in [3.05, 3.63) is 23.8 Å². The van der Waals surface area contributed by atoms with Crippen molar-refractivity contribution in [1.29, 1.82) is 0 Å². The summed E-state index contributed by atoms with van der Waals surface area (Å²) in [5.41, 5.74) is 0.972. The molecule has 90 valence electrons. The average Bonchev–Trinajstić information content (AvgIpc) is 2.29. The quantitative estimate of drug-likeness (QED) is 0.335. The Bertz CT molecular complexity index is 462. The molecule has 1 aliphatic heterocycles. The number of esters is 1. The van der Waals surface area contributed by atoms with Gasteiger partial charge < -0.3 is 4.74 Å². The van der Waals surface area contributed by atoms with Crippen LogP contribution in [-0.4, -0.2) is 34.3 Å². The number of fused-ring (bicyclic) bond motifs is 1. The molecule has 0 saturated carbocycles. The van der Waals surface area contributed by atoms with Crippen LogP contribution in [0.3, 0.4) is 0 Å². The Balaban J connectivity index is 2.41. The van der Waals surface area contributed by atoms with E-state index in [1.807, 2.05) is 6.92 Å². The zero-order valence-electron chi connectivity index (χ0n) is 9.48. The number of rotatable bonds is 3. The second-order valence-corrected chi connectivity index (χ2v) is 4.43. The van der Waals surface area contributed by atoms with Gasteiger partial charge in [0.1, 0.15) is 5.57 Å². The third-order valence-corrected chi connectivity index (χ3v) is 2.96. The summed E-state index contributed by atoms with van der Waals surface area (Å²) in [4.78, 5) is 23.2. The number of carbonyl (C=O) groups excluding carboxylic acids is 2. The molecule has 0 spiro atoms. The van der Waals surface area contributed by atoms with Gasteiger partial charge in [0.05, 0.1) is 5.38 Å². The van der Waals surface area contributed by atoms with Crippen molar-refractivity contribution >= 4 is 29.4 Å². The summed E-state index contributed by atoms with van der Waals surface area (Å²) in [7, 11) is 0. The second-order valence-electron chi connectivity index (χ2n) is 3.93. The smallest absolute Gasteiger partial charge is 0.333 e. The first kappa shape index (κ1) is 12.0. The van der Waals surface area contributed by atoms with E-state index in [0.29, 0.717) is 17.8 Å². The normalized spacial score (nSPS) is 23.4. The summed E-state index contributed by atoms with van der Waals surface area (Å²) in [6.45, 7) is 2.58. The fourth-order valence-electron chi connectivity index (χ4n) is 1.80. The molecule has 0 radical (unpaired) electrons. The summed E-state index contributed by atoms with van der Waals surface area (Å²) < 4.78 is 6.16. The highest BCUT2D eigenvalue weighted by Gasteiger charge is 2.39. The number of nitrogens with zero attached hydrogens (tertiary/aromatic N) is 1. The van der Waals surface area contributed by atoms with E-state index in [-0.39, 0.29) is 5.38 Å². The SMILES string of the molecule is CCCC[N+]1=C2C=CC(Cl)C=C2C(=O)OC1=O. The van der Waals surface area contributed by atoms with Crippen molar-refractivity contribution in [2.75, 3.05) is 6.54 Å². The number of alkyl halides is 1.